The maximum Gasteiger partial charge on any atom is 0.271 e. The van der Waals surface area contributed by atoms with Gasteiger partial charge in [-0.3, -0.25) is 4.79 Å². The summed E-state index contributed by atoms with van der Waals surface area (Å²) in [6.07, 6.45) is 1.46. The summed E-state index contributed by atoms with van der Waals surface area (Å²) in [7, 11) is 1.46. The third-order valence-corrected chi connectivity index (χ3v) is 4.33. The monoisotopic (exact) mass is 420 g/mol. The van der Waals surface area contributed by atoms with Gasteiger partial charge in [-0.2, -0.15) is 5.10 Å². The summed E-state index contributed by atoms with van der Waals surface area (Å²) in [4.78, 5) is 12.5. The van der Waals surface area contributed by atoms with Crippen molar-refractivity contribution in [2.45, 2.75) is 13.5 Å². The number of carbonyl (C=O) groups excluding carboxylic acids is 1. The van der Waals surface area contributed by atoms with Crippen LogP contribution in [0.3, 0.4) is 0 Å². The molecule has 0 bridgehead atoms. The van der Waals surface area contributed by atoms with E-state index in [9.17, 15) is 9.90 Å². The zero-order chi connectivity index (χ0) is 22.1. The van der Waals surface area contributed by atoms with Crippen LogP contribution in [0.2, 0.25) is 0 Å². The fourth-order valence-electron chi connectivity index (χ4n) is 2.78. The Balaban J connectivity index is 1.67. The Labute approximate surface area is 180 Å². The molecule has 31 heavy (non-hydrogen) atoms. The number of aromatic hydroxyl groups is 1. The predicted octanol–water partition coefficient (Wildman–Crippen LogP) is 4.14. The molecular weight excluding hydrogens is 396 g/mol. The van der Waals surface area contributed by atoms with Crippen LogP contribution in [0, 0.1) is 0 Å². The number of hydrogen-bond acceptors (Lipinski definition) is 6. The van der Waals surface area contributed by atoms with Crippen molar-refractivity contribution in [3.63, 3.8) is 0 Å². The Morgan fingerprint density at radius 3 is 2.55 bits per heavy atom. The van der Waals surface area contributed by atoms with Crippen molar-refractivity contribution in [2.75, 3.05) is 13.7 Å². The summed E-state index contributed by atoms with van der Waals surface area (Å²) in [5, 5.41) is 13.6. The van der Waals surface area contributed by atoms with E-state index in [1.807, 2.05) is 37.3 Å². The van der Waals surface area contributed by atoms with Crippen molar-refractivity contribution in [3.8, 4) is 23.0 Å². The average Bonchev–Trinajstić information content (AvgIpc) is 2.80. The molecule has 0 aromatic heterocycles. The highest BCUT2D eigenvalue weighted by molar-refractivity contribution is 5.95. The molecule has 0 atom stereocenters. The molecule has 0 aliphatic rings. The highest BCUT2D eigenvalue weighted by Gasteiger charge is 2.12. The Kier molecular flexibility index (Phi) is 7.48. The van der Waals surface area contributed by atoms with Crippen molar-refractivity contribution in [1.29, 1.82) is 0 Å². The molecule has 0 unspecified atom stereocenters. The van der Waals surface area contributed by atoms with E-state index in [4.69, 9.17) is 14.2 Å². The van der Waals surface area contributed by atoms with Gasteiger partial charge in [0.05, 0.1) is 19.9 Å². The van der Waals surface area contributed by atoms with Gasteiger partial charge in [-0.05, 0) is 54.4 Å². The number of benzene rings is 3. The van der Waals surface area contributed by atoms with Crippen molar-refractivity contribution in [1.82, 2.24) is 5.43 Å². The van der Waals surface area contributed by atoms with E-state index in [0.29, 0.717) is 41.6 Å². The molecule has 1 amide bonds. The van der Waals surface area contributed by atoms with Gasteiger partial charge in [0.1, 0.15) is 6.61 Å². The van der Waals surface area contributed by atoms with Gasteiger partial charge >= 0.3 is 0 Å². The zero-order valence-electron chi connectivity index (χ0n) is 17.4. The topological polar surface area (TPSA) is 89.4 Å². The molecule has 7 nitrogen and oxygen atoms in total. The van der Waals surface area contributed by atoms with Crippen molar-refractivity contribution >= 4 is 12.1 Å². The van der Waals surface area contributed by atoms with E-state index < -0.39 is 5.91 Å². The first-order chi connectivity index (χ1) is 15.1. The smallest absolute Gasteiger partial charge is 0.271 e. The van der Waals surface area contributed by atoms with Crippen LogP contribution in [0.15, 0.2) is 71.8 Å². The second kappa shape index (κ2) is 10.7. The molecule has 0 fully saturated rings. The van der Waals surface area contributed by atoms with E-state index >= 15 is 0 Å². The van der Waals surface area contributed by atoms with E-state index in [-0.39, 0.29) is 5.75 Å². The Morgan fingerprint density at radius 2 is 1.81 bits per heavy atom. The van der Waals surface area contributed by atoms with Gasteiger partial charge in [0, 0.05) is 5.56 Å². The molecule has 0 saturated carbocycles. The standard InChI is InChI=1S/C24H24N2O5/c1-3-30-23-14-19(10-12-21(23)31-16-17-7-5-4-6-8-17)24(28)26-25-15-18-9-11-20(27)22(13-18)29-2/h4-15,27H,3,16H2,1-2H3,(H,26,28)/b25-15+. The number of phenolic OH excluding ortho intramolecular Hbond substituents is 1. The first-order valence-electron chi connectivity index (χ1n) is 9.74. The minimum Gasteiger partial charge on any atom is -0.504 e. The molecule has 0 spiro atoms. The number of hydrogen-bond donors (Lipinski definition) is 2. The number of amides is 1. The number of hydrazone groups is 1. The molecule has 3 aromatic rings. The lowest BCUT2D eigenvalue weighted by Gasteiger charge is -2.13. The first kappa shape index (κ1) is 21.7. The largest absolute Gasteiger partial charge is 0.504 e. The predicted molar refractivity (Wildman–Crippen MR) is 118 cm³/mol. The Morgan fingerprint density at radius 1 is 1.00 bits per heavy atom. The van der Waals surface area contributed by atoms with Crippen LogP contribution in [-0.4, -0.2) is 30.9 Å². The average molecular weight is 420 g/mol. The minimum atomic E-state index is -0.391. The third kappa shape index (κ3) is 5.99. The number of methoxy groups -OCH3 is 1. The van der Waals surface area contributed by atoms with E-state index in [0.717, 1.165) is 5.56 Å². The molecular formula is C24H24N2O5. The van der Waals surface area contributed by atoms with Gasteiger partial charge in [0.15, 0.2) is 23.0 Å². The molecule has 0 aliphatic carbocycles. The lowest BCUT2D eigenvalue weighted by molar-refractivity contribution is 0.0954. The normalized spacial score (nSPS) is 10.6. The fourth-order valence-corrected chi connectivity index (χ4v) is 2.78. The van der Waals surface area contributed by atoms with Crippen LogP contribution >= 0.6 is 0 Å². The van der Waals surface area contributed by atoms with E-state index in [1.54, 1.807) is 30.3 Å². The van der Waals surface area contributed by atoms with Crippen molar-refractivity contribution in [3.05, 3.63) is 83.4 Å². The van der Waals surface area contributed by atoms with Crippen LogP contribution in [-0.2, 0) is 6.61 Å². The number of rotatable bonds is 9. The van der Waals surface area contributed by atoms with Gasteiger partial charge in [0.2, 0.25) is 0 Å². The summed E-state index contributed by atoms with van der Waals surface area (Å²) in [6.45, 7) is 2.70. The highest BCUT2D eigenvalue weighted by Crippen LogP contribution is 2.29. The molecule has 160 valence electrons. The molecule has 0 radical (unpaired) electrons. The Bertz CT molecular complexity index is 1050. The second-order valence-corrected chi connectivity index (χ2v) is 6.50. The third-order valence-electron chi connectivity index (χ3n) is 4.33. The molecule has 3 aromatic carbocycles. The summed E-state index contributed by atoms with van der Waals surface area (Å²) >= 11 is 0. The molecule has 0 heterocycles. The van der Waals surface area contributed by atoms with Crippen molar-refractivity contribution in [2.24, 2.45) is 5.10 Å². The number of nitrogens with one attached hydrogen (secondary N) is 1. The zero-order valence-corrected chi connectivity index (χ0v) is 17.4. The highest BCUT2D eigenvalue weighted by atomic mass is 16.5. The van der Waals surface area contributed by atoms with Crippen LogP contribution < -0.4 is 19.6 Å². The number of ether oxygens (including phenoxy) is 3. The first-order valence-corrected chi connectivity index (χ1v) is 9.74. The number of phenols is 1. The quantitative estimate of drug-likeness (QED) is 0.401. The fraction of sp³-hybridized carbons (Fsp3) is 0.167. The van der Waals surface area contributed by atoms with Crippen LogP contribution in [0.5, 0.6) is 23.0 Å². The summed E-state index contributed by atoms with van der Waals surface area (Å²) in [6, 6.07) is 19.5. The lowest BCUT2D eigenvalue weighted by atomic mass is 10.2. The van der Waals surface area contributed by atoms with Gasteiger partial charge < -0.3 is 19.3 Å². The maximum atomic E-state index is 12.5. The second-order valence-electron chi connectivity index (χ2n) is 6.50. The van der Waals surface area contributed by atoms with Gasteiger partial charge in [-0.1, -0.05) is 30.3 Å². The summed E-state index contributed by atoms with van der Waals surface area (Å²) < 4.78 is 16.6. The maximum absolute atomic E-state index is 12.5. The summed E-state index contributed by atoms with van der Waals surface area (Å²) in [5.74, 6) is 1.00. The molecule has 7 heteroatoms. The minimum absolute atomic E-state index is 0.0294. The molecule has 0 aliphatic heterocycles. The number of carbonyl (C=O) groups is 1. The lowest BCUT2D eigenvalue weighted by Crippen LogP contribution is -2.17. The van der Waals surface area contributed by atoms with Gasteiger partial charge in [-0.25, -0.2) is 5.43 Å². The molecule has 3 rings (SSSR count). The Hall–Kier alpha value is -4.00. The molecule has 0 saturated heterocycles. The number of nitrogens with zero attached hydrogens (tertiary/aromatic N) is 1. The van der Waals surface area contributed by atoms with Crippen LogP contribution in [0.1, 0.15) is 28.4 Å². The SMILES string of the molecule is CCOc1cc(C(=O)N/N=C/c2ccc(O)c(OC)c2)ccc1OCc1ccccc1. The van der Waals surface area contributed by atoms with Crippen LogP contribution in [0.25, 0.3) is 0 Å². The van der Waals surface area contributed by atoms with E-state index in [1.165, 1.54) is 19.4 Å². The van der Waals surface area contributed by atoms with Crippen LogP contribution in [0.4, 0.5) is 0 Å². The molecule has 2 N–H and O–H groups in total. The summed E-state index contributed by atoms with van der Waals surface area (Å²) in [5.41, 5.74) is 4.56. The van der Waals surface area contributed by atoms with Gasteiger partial charge in [-0.15, -0.1) is 0 Å². The van der Waals surface area contributed by atoms with Crippen molar-refractivity contribution < 1.29 is 24.1 Å². The van der Waals surface area contributed by atoms with Gasteiger partial charge in [0.25, 0.3) is 5.91 Å². The van der Waals surface area contributed by atoms with E-state index in [2.05, 4.69) is 10.5 Å².